The lowest BCUT2D eigenvalue weighted by Gasteiger charge is -2.37. The minimum absolute atomic E-state index is 0.862. The maximum absolute atomic E-state index is 3.22. The lowest BCUT2D eigenvalue weighted by molar-refractivity contribution is 0.125. The van der Waals surface area contributed by atoms with Crippen LogP contribution in [0, 0.1) is 5.92 Å². The second-order valence-corrected chi connectivity index (χ2v) is 4.96. The van der Waals surface area contributed by atoms with E-state index in [-0.39, 0.29) is 0 Å². The molecule has 0 aliphatic heterocycles. The second-order valence-electron chi connectivity index (χ2n) is 4.96. The molecule has 1 N–H and O–H groups in total. The highest BCUT2D eigenvalue weighted by molar-refractivity contribution is 4.81. The molecule has 2 atom stereocenters. The summed E-state index contributed by atoms with van der Waals surface area (Å²) in [5, 5.41) is 3.22. The lowest BCUT2D eigenvalue weighted by Crippen LogP contribution is -2.40. The molecule has 0 aromatic heterocycles. The zero-order valence-electron chi connectivity index (χ0n) is 10.8. The molecule has 0 aromatic carbocycles. The number of rotatable bonds is 6. The van der Waals surface area contributed by atoms with Gasteiger partial charge in [0.1, 0.15) is 0 Å². The topological polar surface area (TPSA) is 15.3 Å². The molecule has 0 aromatic rings. The van der Waals surface area contributed by atoms with E-state index in [0.29, 0.717) is 0 Å². The zero-order valence-corrected chi connectivity index (χ0v) is 10.8. The summed E-state index contributed by atoms with van der Waals surface area (Å²) < 4.78 is 0. The molecule has 2 unspecified atom stereocenters. The van der Waals surface area contributed by atoms with E-state index in [2.05, 4.69) is 24.2 Å². The van der Waals surface area contributed by atoms with Crippen molar-refractivity contribution in [2.45, 2.75) is 51.5 Å². The minimum Gasteiger partial charge on any atom is -0.320 e. The maximum Gasteiger partial charge on any atom is 0.0120 e. The smallest absolute Gasteiger partial charge is 0.0120 e. The Morgan fingerprint density at radius 1 is 1.27 bits per heavy atom. The second kappa shape index (κ2) is 7.24. The number of hydrogen-bond acceptors (Lipinski definition) is 2. The monoisotopic (exact) mass is 212 g/mol. The Labute approximate surface area is 95.4 Å². The van der Waals surface area contributed by atoms with Crippen molar-refractivity contribution in [1.29, 1.82) is 0 Å². The minimum atomic E-state index is 0.862. The summed E-state index contributed by atoms with van der Waals surface area (Å²) in [6.07, 6.45) is 8.42. The van der Waals surface area contributed by atoms with Gasteiger partial charge in [-0.1, -0.05) is 26.2 Å². The van der Waals surface area contributed by atoms with Crippen LogP contribution in [0.25, 0.3) is 0 Å². The highest BCUT2D eigenvalue weighted by Crippen LogP contribution is 2.29. The first-order chi connectivity index (χ1) is 7.29. The van der Waals surface area contributed by atoms with Gasteiger partial charge in [0, 0.05) is 6.04 Å². The molecule has 1 saturated carbocycles. The first-order valence-corrected chi connectivity index (χ1v) is 6.64. The van der Waals surface area contributed by atoms with E-state index in [1.54, 1.807) is 0 Å². The summed E-state index contributed by atoms with van der Waals surface area (Å²) in [5.74, 6) is 0.957. The first kappa shape index (κ1) is 13.0. The van der Waals surface area contributed by atoms with E-state index in [1.807, 2.05) is 7.05 Å². The molecule has 0 radical (unpaired) electrons. The summed E-state index contributed by atoms with van der Waals surface area (Å²) in [5.41, 5.74) is 0. The summed E-state index contributed by atoms with van der Waals surface area (Å²) in [6.45, 7) is 4.75. The fraction of sp³-hybridized carbons (Fsp3) is 1.00. The molecule has 1 aliphatic rings. The maximum atomic E-state index is 3.22. The fourth-order valence-corrected chi connectivity index (χ4v) is 2.92. The average Bonchev–Trinajstić information content (AvgIpc) is 2.29. The van der Waals surface area contributed by atoms with Crippen LogP contribution in [-0.2, 0) is 0 Å². The van der Waals surface area contributed by atoms with Crippen LogP contribution in [0.3, 0.4) is 0 Å². The van der Waals surface area contributed by atoms with Crippen molar-refractivity contribution in [3.63, 3.8) is 0 Å². The van der Waals surface area contributed by atoms with E-state index >= 15 is 0 Å². The van der Waals surface area contributed by atoms with Gasteiger partial charge in [-0.15, -0.1) is 0 Å². The van der Waals surface area contributed by atoms with Crippen LogP contribution < -0.4 is 5.32 Å². The van der Waals surface area contributed by atoms with Crippen LogP contribution in [0.15, 0.2) is 0 Å². The van der Waals surface area contributed by atoms with E-state index in [0.717, 1.165) is 18.5 Å². The molecule has 2 heteroatoms. The third-order valence-corrected chi connectivity index (χ3v) is 3.90. The van der Waals surface area contributed by atoms with Gasteiger partial charge in [-0.3, -0.25) is 0 Å². The number of nitrogens with zero attached hydrogens (tertiary/aromatic N) is 1. The molecule has 0 saturated heterocycles. The number of hydrogen-bond donors (Lipinski definition) is 1. The van der Waals surface area contributed by atoms with Crippen LogP contribution in [0.4, 0.5) is 0 Å². The molecule has 0 heterocycles. The van der Waals surface area contributed by atoms with Crippen LogP contribution >= 0.6 is 0 Å². The highest BCUT2D eigenvalue weighted by Gasteiger charge is 2.26. The number of nitrogens with one attached hydrogen (secondary N) is 1. The molecule has 1 aliphatic carbocycles. The normalized spacial score (nSPS) is 27.2. The Bertz CT molecular complexity index is 159. The van der Waals surface area contributed by atoms with Crippen molar-refractivity contribution in [2.24, 2.45) is 5.92 Å². The Morgan fingerprint density at radius 3 is 2.67 bits per heavy atom. The Morgan fingerprint density at radius 2 is 2.00 bits per heavy atom. The zero-order chi connectivity index (χ0) is 11.1. The van der Waals surface area contributed by atoms with Crippen molar-refractivity contribution >= 4 is 0 Å². The first-order valence-electron chi connectivity index (χ1n) is 6.64. The third-order valence-electron chi connectivity index (χ3n) is 3.90. The molecule has 1 rings (SSSR count). The molecule has 2 nitrogen and oxygen atoms in total. The van der Waals surface area contributed by atoms with Gasteiger partial charge in [0.15, 0.2) is 0 Å². The predicted molar refractivity (Wildman–Crippen MR) is 67.2 cm³/mol. The standard InChI is InChI=1S/C13H28N2/c1-4-12-8-5-6-9-13(12)15(3)11-7-10-14-2/h12-14H,4-11H2,1-3H3. The molecule has 1 fully saturated rings. The van der Waals surface area contributed by atoms with Gasteiger partial charge in [-0.05, 0) is 52.4 Å². The summed E-state index contributed by atoms with van der Waals surface area (Å²) >= 11 is 0. The summed E-state index contributed by atoms with van der Waals surface area (Å²) in [7, 11) is 4.35. The lowest BCUT2D eigenvalue weighted by atomic mass is 9.82. The van der Waals surface area contributed by atoms with E-state index in [4.69, 9.17) is 0 Å². The van der Waals surface area contributed by atoms with Crippen molar-refractivity contribution in [3.05, 3.63) is 0 Å². The molecule has 0 spiro atoms. The quantitative estimate of drug-likeness (QED) is 0.681. The van der Waals surface area contributed by atoms with Gasteiger partial charge in [0.25, 0.3) is 0 Å². The van der Waals surface area contributed by atoms with Gasteiger partial charge in [-0.2, -0.15) is 0 Å². The third kappa shape index (κ3) is 4.12. The SMILES string of the molecule is CCC1CCCCC1N(C)CCCNC. The molecular formula is C13H28N2. The van der Waals surface area contributed by atoms with Crippen molar-refractivity contribution in [2.75, 3.05) is 27.2 Å². The van der Waals surface area contributed by atoms with Crippen LogP contribution in [0.5, 0.6) is 0 Å². The average molecular weight is 212 g/mol. The molecule has 15 heavy (non-hydrogen) atoms. The van der Waals surface area contributed by atoms with Gasteiger partial charge >= 0.3 is 0 Å². The van der Waals surface area contributed by atoms with Crippen LogP contribution in [-0.4, -0.2) is 38.1 Å². The highest BCUT2D eigenvalue weighted by atomic mass is 15.1. The van der Waals surface area contributed by atoms with Crippen LogP contribution in [0.1, 0.15) is 45.4 Å². The summed E-state index contributed by atoms with van der Waals surface area (Å²) in [4.78, 5) is 2.60. The van der Waals surface area contributed by atoms with Gasteiger partial charge in [-0.25, -0.2) is 0 Å². The van der Waals surface area contributed by atoms with Gasteiger partial charge < -0.3 is 10.2 Å². The van der Waals surface area contributed by atoms with Gasteiger partial charge in [0.2, 0.25) is 0 Å². The fourth-order valence-electron chi connectivity index (χ4n) is 2.92. The van der Waals surface area contributed by atoms with Gasteiger partial charge in [0.05, 0.1) is 0 Å². The largest absolute Gasteiger partial charge is 0.320 e. The van der Waals surface area contributed by atoms with E-state index in [9.17, 15) is 0 Å². The molecule has 0 bridgehead atoms. The van der Waals surface area contributed by atoms with Crippen LogP contribution in [0.2, 0.25) is 0 Å². The Hall–Kier alpha value is -0.0800. The Kier molecular flexibility index (Phi) is 6.26. The Balaban J connectivity index is 2.31. The van der Waals surface area contributed by atoms with E-state index < -0.39 is 0 Å². The molecular weight excluding hydrogens is 184 g/mol. The van der Waals surface area contributed by atoms with Crippen molar-refractivity contribution in [1.82, 2.24) is 10.2 Å². The molecule has 90 valence electrons. The summed E-state index contributed by atoms with van der Waals surface area (Å²) in [6, 6.07) is 0.862. The van der Waals surface area contributed by atoms with Crippen molar-refractivity contribution < 1.29 is 0 Å². The van der Waals surface area contributed by atoms with Crippen molar-refractivity contribution in [3.8, 4) is 0 Å². The van der Waals surface area contributed by atoms with E-state index in [1.165, 1.54) is 45.1 Å². The predicted octanol–water partition coefficient (Wildman–Crippen LogP) is 2.50. The molecule has 0 amide bonds.